The maximum Gasteiger partial charge on any atom is 0.211 e. The third-order valence-electron chi connectivity index (χ3n) is 4.55. The number of benzene rings is 1. The first kappa shape index (κ1) is 15.0. The van der Waals surface area contributed by atoms with Crippen LogP contribution in [-0.2, 0) is 4.79 Å². The van der Waals surface area contributed by atoms with Gasteiger partial charge < -0.3 is 15.2 Å². The Hall–Kier alpha value is -1.88. The first-order valence-electron chi connectivity index (χ1n) is 8.23. The predicted molar refractivity (Wildman–Crippen MR) is 89.1 cm³/mol. The van der Waals surface area contributed by atoms with Gasteiger partial charge in [0.05, 0.1) is 11.2 Å². The minimum absolute atomic E-state index is 0.495. The van der Waals surface area contributed by atoms with E-state index in [1.807, 2.05) is 18.2 Å². The molecule has 1 aromatic carbocycles. The molecule has 1 fully saturated rings. The summed E-state index contributed by atoms with van der Waals surface area (Å²) in [5.74, 6) is 1.56. The van der Waals surface area contributed by atoms with E-state index in [4.69, 9.17) is 4.98 Å². The van der Waals surface area contributed by atoms with Gasteiger partial charge in [-0.2, -0.15) is 0 Å². The minimum Gasteiger partial charge on any atom is -0.342 e. The average Bonchev–Trinajstić information content (AvgIpc) is 2.99. The Balaban J connectivity index is 1.72. The Kier molecular flexibility index (Phi) is 4.73. The van der Waals surface area contributed by atoms with Gasteiger partial charge in [-0.05, 0) is 51.0 Å². The standard InChI is InChI=1S/C17H24N4O/c1-2-3-9-21-10-7-13(8-11-21)17-19-15-6-4-5-14(18-12-22)16(15)20-17/h4-6,12-13H,2-3,7-11H2,1H3,(H,18,22)(H,19,20). The van der Waals surface area contributed by atoms with E-state index >= 15 is 0 Å². The molecule has 3 rings (SSSR count). The fourth-order valence-corrected chi connectivity index (χ4v) is 3.24. The number of carbonyl (C=O) groups is 1. The van der Waals surface area contributed by atoms with Crippen molar-refractivity contribution < 1.29 is 4.79 Å². The molecule has 0 bridgehead atoms. The third-order valence-corrected chi connectivity index (χ3v) is 4.55. The summed E-state index contributed by atoms with van der Waals surface area (Å²) in [5.41, 5.74) is 2.63. The van der Waals surface area contributed by atoms with E-state index in [-0.39, 0.29) is 0 Å². The SMILES string of the molecule is CCCCN1CCC(c2nc3c(NC=O)cccc3[nH]2)CC1. The van der Waals surface area contributed by atoms with Crippen LogP contribution in [0.2, 0.25) is 0 Å². The van der Waals surface area contributed by atoms with Crippen molar-refractivity contribution in [3.8, 4) is 0 Å². The van der Waals surface area contributed by atoms with Crippen LogP contribution in [0.15, 0.2) is 18.2 Å². The lowest BCUT2D eigenvalue weighted by atomic mass is 9.96. The zero-order chi connectivity index (χ0) is 15.4. The molecule has 0 aliphatic carbocycles. The molecule has 5 nitrogen and oxygen atoms in total. The maximum absolute atomic E-state index is 10.7. The molecule has 1 aliphatic rings. The summed E-state index contributed by atoms with van der Waals surface area (Å²) in [6.07, 6.45) is 5.56. The number of piperidine rings is 1. The van der Waals surface area contributed by atoms with Crippen molar-refractivity contribution in [1.29, 1.82) is 0 Å². The molecule has 1 amide bonds. The first-order valence-corrected chi connectivity index (χ1v) is 8.23. The Morgan fingerprint density at radius 3 is 2.95 bits per heavy atom. The fraction of sp³-hybridized carbons (Fsp3) is 0.529. The summed E-state index contributed by atoms with van der Waals surface area (Å²) in [6.45, 7) is 5.77. The topological polar surface area (TPSA) is 61.0 Å². The van der Waals surface area contributed by atoms with E-state index in [2.05, 4.69) is 22.1 Å². The van der Waals surface area contributed by atoms with E-state index in [0.29, 0.717) is 12.3 Å². The summed E-state index contributed by atoms with van der Waals surface area (Å²) < 4.78 is 0. The smallest absolute Gasteiger partial charge is 0.211 e. The van der Waals surface area contributed by atoms with E-state index in [9.17, 15) is 4.79 Å². The Morgan fingerprint density at radius 2 is 2.23 bits per heavy atom. The van der Waals surface area contributed by atoms with Crippen molar-refractivity contribution in [2.75, 3.05) is 25.0 Å². The number of aromatic amines is 1. The van der Waals surface area contributed by atoms with Crippen LogP contribution in [0, 0.1) is 0 Å². The number of hydrogen-bond donors (Lipinski definition) is 2. The normalized spacial score (nSPS) is 17.0. The molecule has 0 spiro atoms. The molecule has 0 radical (unpaired) electrons. The highest BCUT2D eigenvalue weighted by Gasteiger charge is 2.23. The van der Waals surface area contributed by atoms with E-state index in [1.165, 1.54) is 19.4 Å². The molecule has 1 aliphatic heterocycles. The molecule has 1 aromatic heterocycles. The maximum atomic E-state index is 10.7. The van der Waals surface area contributed by atoms with Crippen LogP contribution in [0.4, 0.5) is 5.69 Å². The third kappa shape index (κ3) is 3.14. The molecule has 0 atom stereocenters. The summed E-state index contributed by atoms with van der Waals surface area (Å²) in [7, 11) is 0. The number of unbranched alkanes of at least 4 members (excludes halogenated alkanes) is 1. The fourth-order valence-electron chi connectivity index (χ4n) is 3.24. The molecule has 2 aromatic rings. The van der Waals surface area contributed by atoms with Gasteiger partial charge in [0.1, 0.15) is 11.3 Å². The Labute approximate surface area is 131 Å². The van der Waals surface area contributed by atoms with Gasteiger partial charge in [0, 0.05) is 5.92 Å². The number of rotatable bonds is 6. The summed E-state index contributed by atoms with van der Waals surface area (Å²) in [5, 5.41) is 2.73. The first-order chi connectivity index (χ1) is 10.8. The number of aromatic nitrogens is 2. The number of imidazole rings is 1. The van der Waals surface area contributed by atoms with Crippen LogP contribution in [-0.4, -0.2) is 40.9 Å². The zero-order valence-corrected chi connectivity index (χ0v) is 13.1. The second-order valence-corrected chi connectivity index (χ2v) is 6.06. The van der Waals surface area contributed by atoms with Crippen LogP contribution in [0.1, 0.15) is 44.3 Å². The zero-order valence-electron chi connectivity index (χ0n) is 13.1. The minimum atomic E-state index is 0.495. The van der Waals surface area contributed by atoms with Crippen LogP contribution >= 0.6 is 0 Å². The number of nitrogens with one attached hydrogen (secondary N) is 2. The number of anilines is 1. The molecule has 5 heteroatoms. The molecule has 22 heavy (non-hydrogen) atoms. The van der Waals surface area contributed by atoms with Gasteiger partial charge in [-0.15, -0.1) is 0 Å². The highest BCUT2D eigenvalue weighted by atomic mass is 16.1. The predicted octanol–water partition coefficient (Wildman–Crippen LogP) is 3.11. The van der Waals surface area contributed by atoms with Crippen molar-refractivity contribution in [2.45, 2.75) is 38.5 Å². The van der Waals surface area contributed by atoms with Gasteiger partial charge in [-0.1, -0.05) is 19.4 Å². The summed E-state index contributed by atoms with van der Waals surface area (Å²) >= 11 is 0. The van der Waals surface area contributed by atoms with Crippen LogP contribution in [0.25, 0.3) is 11.0 Å². The number of hydrogen-bond acceptors (Lipinski definition) is 3. The largest absolute Gasteiger partial charge is 0.342 e. The molecule has 1 saturated heterocycles. The van der Waals surface area contributed by atoms with Crippen molar-refractivity contribution in [3.63, 3.8) is 0 Å². The molecule has 2 heterocycles. The second kappa shape index (κ2) is 6.92. The van der Waals surface area contributed by atoms with Gasteiger partial charge in [-0.3, -0.25) is 4.79 Å². The molecule has 118 valence electrons. The quantitative estimate of drug-likeness (QED) is 0.806. The molecular weight excluding hydrogens is 276 g/mol. The summed E-state index contributed by atoms with van der Waals surface area (Å²) in [4.78, 5) is 21.4. The molecule has 0 saturated carbocycles. The van der Waals surface area contributed by atoms with Crippen LogP contribution < -0.4 is 5.32 Å². The van der Waals surface area contributed by atoms with E-state index in [1.54, 1.807) is 0 Å². The molecular formula is C17H24N4O. The Bertz CT molecular complexity index is 629. The Morgan fingerprint density at radius 1 is 1.41 bits per heavy atom. The highest BCUT2D eigenvalue weighted by molar-refractivity contribution is 5.92. The van der Waals surface area contributed by atoms with Gasteiger partial charge in [-0.25, -0.2) is 4.98 Å². The van der Waals surface area contributed by atoms with Crippen molar-refractivity contribution in [2.24, 2.45) is 0 Å². The number of para-hydroxylation sites is 1. The number of fused-ring (bicyclic) bond motifs is 1. The van der Waals surface area contributed by atoms with E-state index < -0.39 is 0 Å². The van der Waals surface area contributed by atoms with Crippen molar-refractivity contribution in [1.82, 2.24) is 14.9 Å². The van der Waals surface area contributed by atoms with Crippen molar-refractivity contribution >= 4 is 23.1 Å². The number of amides is 1. The second-order valence-electron chi connectivity index (χ2n) is 6.06. The van der Waals surface area contributed by atoms with Gasteiger partial charge in [0.2, 0.25) is 6.41 Å². The summed E-state index contributed by atoms with van der Waals surface area (Å²) in [6, 6.07) is 5.83. The molecule has 0 unspecified atom stereocenters. The molecule has 2 N–H and O–H groups in total. The number of nitrogens with zero attached hydrogens (tertiary/aromatic N) is 2. The number of carbonyl (C=O) groups excluding carboxylic acids is 1. The van der Waals surface area contributed by atoms with Gasteiger partial charge >= 0.3 is 0 Å². The average molecular weight is 300 g/mol. The van der Waals surface area contributed by atoms with Gasteiger partial charge in [0.15, 0.2) is 0 Å². The van der Waals surface area contributed by atoms with Crippen LogP contribution in [0.3, 0.4) is 0 Å². The lowest BCUT2D eigenvalue weighted by Crippen LogP contribution is -2.33. The monoisotopic (exact) mass is 300 g/mol. The van der Waals surface area contributed by atoms with Gasteiger partial charge in [0.25, 0.3) is 0 Å². The van der Waals surface area contributed by atoms with Crippen molar-refractivity contribution in [3.05, 3.63) is 24.0 Å². The van der Waals surface area contributed by atoms with E-state index in [0.717, 1.165) is 48.5 Å². The highest BCUT2D eigenvalue weighted by Crippen LogP contribution is 2.29. The number of likely N-dealkylation sites (tertiary alicyclic amines) is 1. The van der Waals surface area contributed by atoms with Crippen LogP contribution in [0.5, 0.6) is 0 Å². The lowest BCUT2D eigenvalue weighted by Gasteiger charge is -2.30. The lowest BCUT2D eigenvalue weighted by molar-refractivity contribution is -0.105. The number of H-pyrrole nitrogens is 1.